The minimum atomic E-state index is -0.238. The van der Waals surface area contributed by atoms with Crippen LogP contribution in [0.1, 0.15) is 44.5 Å². The third-order valence-electron chi connectivity index (χ3n) is 3.20. The van der Waals surface area contributed by atoms with Crippen LogP contribution in [0.4, 0.5) is 5.82 Å². The van der Waals surface area contributed by atoms with Crippen molar-refractivity contribution in [3.05, 3.63) is 33.9 Å². The monoisotopic (exact) mass is 303 g/mol. The highest BCUT2D eigenvalue weighted by atomic mass is 16.1. The third kappa shape index (κ3) is 3.81. The fourth-order valence-corrected chi connectivity index (χ4v) is 2.07. The van der Waals surface area contributed by atoms with Crippen molar-refractivity contribution in [3.8, 4) is 5.95 Å². The van der Waals surface area contributed by atoms with Crippen LogP contribution in [0, 0.1) is 6.92 Å². The van der Waals surface area contributed by atoms with E-state index < -0.39 is 0 Å². The lowest BCUT2D eigenvalue weighted by atomic mass is 10.2. The van der Waals surface area contributed by atoms with Gasteiger partial charge >= 0.3 is 0 Å². The second-order valence-electron chi connectivity index (χ2n) is 5.15. The van der Waals surface area contributed by atoms with Crippen LogP contribution in [0.25, 0.3) is 5.95 Å². The minimum Gasteiger partial charge on any atom is -0.310 e. The summed E-state index contributed by atoms with van der Waals surface area (Å²) in [4.78, 5) is 30.6. The van der Waals surface area contributed by atoms with Crippen molar-refractivity contribution in [1.82, 2.24) is 19.7 Å². The van der Waals surface area contributed by atoms with Crippen LogP contribution in [-0.4, -0.2) is 25.7 Å². The second-order valence-corrected chi connectivity index (χ2v) is 5.15. The van der Waals surface area contributed by atoms with Crippen molar-refractivity contribution in [1.29, 1.82) is 0 Å². The van der Waals surface area contributed by atoms with Gasteiger partial charge in [0, 0.05) is 24.2 Å². The number of carbonyl (C=O) groups is 1. The number of aromatic amines is 1. The molecule has 0 atom stereocenters. The molecule has 7 heteroatoms. The number of nitrogens with one attached hydrogen (secondary N) is 2. The van der Waals surface area contributed by atoms with Gasteiger partial charge < -0.3 is 5.32 Å². The van der Waals surface area contributed by atoms with E-state index in [1.54, 1.807) is 6.07 Å². The van der Waals surface area contributed by atoms with Gasteiger partial charge in [-0.25, -0.2) is 4.98 Å². The lowest BCUT2D eigenvalue weighted by Crippen LogP contribution is -2.19. The molecule has 2 rings (SSSR count). The third-order valence-corrected chi connectivity index (χ3v) is 3.20. The van der Waals surface area contributed by atoms with Crippen molar-refractivity contribution in [2.75, 3.05) is 5.32 Å². The Morgan fingerprint density at radius 1 is 1.36 bits per heavy atom. The zero-order chi connectivity index (χ0) is 16.1. The molecule has 118 valence electrons. The van der Waals surface area contributed by atoms with Gasteiger partial charge in [-0.15, -0.1) is 0 Å². The molecule has 2 heterocycles. The first-order valence-electron chi connectivity index (χ1n) is 7.50. The molecule has 22 heavy (non-hydrogen) atoms. The first-order valence-corrected chi connectivity index (χ1v) is 7.50. The summed E-state index contributed by atoms with van der Waals surface area (Å²) in [6.07, 6.45) is 2.90. The number of H-pyrrole nitrogens is 1. The number of amides is 1. The molecule has 0 unspecified atom stereocenters. The topological polar surface area (TPSA) is 92.7 Å². The fourth-order valence-electron chi connectivity index (χ4n) is 2.07. The summed E-state index contributed by atoms with van der Waals surface area (Å²) in [5.41, 5.74) is 1.17. The van der Waals surface area contributed by atoms with E-state index >= 15 is 0 Å². The van der Waals surface area contributed by atoms with Gasteiger partial charge in [0.2, 0.25) is 11.9 Å². The highest BCUT2D eigenvalue weighted by Crippen LogP contribution is 2.14. The number of unbranched alkanes of at least 4 members (excludes halogenated alkanes) is 1. The van der Waals surface area contributed by atoms with E-state index in [0.717, 1.165) is 18.5 Å². The molecular weight excluding hydrogens is 282 g/mol. The number of hydrogen-bond donors (Lipinski definition) is 2. The molecule has 2 aromatic rings. The molecule has 0 bridgehead atoms. The fraction of sp³-hybridized carbons (Fsp3) is 0.467. The number of hydrogen-bond acceptors (Lipinski definition) is 4. The largest absolute Gasteiger partial charge is 0.310 e. The molecule has 0 aliphatic carbocycles. The molecule has 0 fully saturated rings. The standard InChI is InChI=1S/C15H21N5O2/c1-4-6-7-13(21)17-12-8-10(3)19-20(12)15-16-11(5-2)9-14(22)18-15/h8-9H,4-7H2,1-3H3,(H,17,21)(H,16,18,22). The van der Waals surface area contributed by atoms with Gasteiger partial charge in [-0.1, -0.05) is 20.3 Å². The maximum atomic E-state index is 11.9. The SMILES string of the molecule is CCCCC(=O)Nc1cc(C)nn1-c1nc(CC)cc(=O)[nH]1. The number of anilines is 1. The molecule has 7 nitrogen and oxygen atoms in total. The lowest BCUT2D eigenvalue weighted by molar-refractivity contribution is -0.116. The van der Waals surface area contributed by atoms with Gasteiger partial charge in [-0.05, 0) is 19.8 Å². The quantitative estimate of drug-likeness (QED) is 0.853. The predicted octanol–water partition coefficient (Wildman–Crippen LogP) is 1.96. The molecule has 0 spiro atoms. The van der Waals surface area contributed by atoms with Gasteiger partial charge in [0.25, 0.3) is 5.56 Å². The Hall–Kier alpha value is -2.44. The van der Waals surface area contributed by atoms with E-state index in [-0.39, 0.29) is 11.5 Å². The van der Waals surface area contributed by atoms with Gasteiger partial charge in [0.05, 0.1) is 5.69 Å². The van der Waals surface area contributed by atoms with E-state index in [1.807, 2.05) is 20.8 Å². The second kappa shape index (κ2) is 7.02. The number of aryl methyl sites for hydroxylation is 2. The predicted molar refractivity (Wildman–Crippen MR) is 84.2 cm³/mol. The highest BCUT2D eigenvalue weighted by Gasteiger charge is 2.13. The zero-order valence-corrected chi connectivity index (χ0v) is 13.1. The normalized spacial score (nSPS) is 10.7. The molecule has 2 N–H and O–H groups in total. The van der Waals surface area contributed by atoms with Crippen molar-refractivity contribution < 1.29 is 4.79 Å². The van der Waals surface area contributed by atoms with E-state index in [1.165, 1.54) is 10.7 Å². The number of carbonyl (C=O) groups excluding carboxylic acids is 1. The molecule has 0 radical (unpaired) electrons. The molecular formula is C15H21N5O2. The maximum absolute atomic E-state index is 11.9. The molecule has 2 aromatic heterocycles. The molecule has 0 aromatic carbocycles. The Kier molecular flexibility index (Phi) is 5.08. The van der Waals surface area contributed by atoms with Crippen molar-refractivity contribution in [2.45, 2.75) is 46.5 Å². The van der Waals surface area contributed by atoms with Gasteiger partial charge in [0.1, 0.15) is 5.82 Å². The Bertz CT molecular complexity index is 717. The van der Waals surface area contributed by atoms with Gasteiger partial charge in [-0.3, -0.25) is 14.6 Å². The number of rotatable bonds is 6. The van der Waals surface area contributed by atoms with Crippen molar-refractivity contribution in [3.63, 3.8) is 0 Å². The van der Waals surface area contributed by atoms with Crippen LogP contribution >= 0.6 is 0 Å². The van der Waals surface area contributed by atoms with E-state index in [4.69, 9.17) is 0 Å². The minimum absolute atomic E-state index is 0.0722. The van der Waals surface area contributed by atoms with E-state index in [9.17, 15) is 9.59 Å². The highest BCUT2D eigenvalue weighted by molar-refractivity contribution is 5.90. The summed E-state index contributed by atoms with van der Waals surface area (Å²) in [5, 5.41) is 7.12. The lowest BCUT2D eigenvalue weighted by Gasteiger charge is -2.08. The van der Waals surface area contributed by atoms with Crippen LogP contribution in [0.15, 0.2) is 16.9 Å². The summed E-state index contributed by atoms with van der Waals surface area (Å²) in [7, 11) is 0. The summed E-state index contributed by atoms with van der Waals surface area (Å²) < 4.78 is 1.46. The van der Waals surface area contributed by atoms with Crippen LogP contribution in [0.5, 0.6) is 0 Å². The van der Waals surface area contributed by atoms with Crippen LogP contribution in [0.2, 0.25) is 0 Å². The smallest absolute Gasteiger partial charge is 0.252 e. The molecule has 0 aliphatic heterocycles. The average molecular weight is 303 g/mol. The van der Waals surface area contributed by atoms with E-state index in [0.29, 0.717) is 30.3 Å². The average Bonchev–Trinajstić information content (AvgIpc) is 2.85. The van der Waals surface area contributed by atoms with Crippen LogP contribution in [-0.2, 0) is 11.2 Å². The van der Waals surface area contributed by atoms with Crippen molar-refractivity contribution in [2.24, 2.45) is 0 Å². The Labute approximate surface area is 128 Å². The van der Waals surface area contributed by atoms with Crippen LogP contribution in [0.3, 0.4) is 0 Å². The summed E-state index contributed by atoms with van der Waals surface area (Å²) in [6.45, 7) is 5.78. The summed E-state index contributed by atoms with van der Waals surface area (Å²) >= 11 is 0. The van der Waals surface area contributed by atoms with E-state index in [2.05, 4.69) is 20.4 Å². The van der Waals surface area contributed by atoms with Gasteiger partial charge in [-0.2, -0.15) is 9.78 Å². The molecule has 0 saturated carbocycles. The zero-order valence-electron chi connectivity index (χ0n) is 13.1. The maximum Gasteiger partial charge on any atom is 0.252 e. The molecule has 0 saturated heterocycles. The summed E-state index contributed by atoms with van der Waals surface area (Å²) in [6, 6.07) is 3.21. The summed E-state index contributed by atoms with van der Waals surface area (Å²) in [5.74, 6) is 0.746. The Balaban J connectivity index is 2.34. The first-order chi connectivity index (χ1) is 10.5. The van der Waals surface area contributed by atoms with Crippen LogP contribution < -0.4 is 10.9 Å². The molecule has 1 amide bonds. The first kappa shape index (κ1) is 15.9. The Morgan fingerprint density at radius 3 is 2.82 bits per heavy atom. The van der Waals surface area contributed by atoms with Crippen molar-refractivity contribution >= 4 is 11.7 Å². The Morgan fingerprint density at radius 2 is 2.14 bits per heavy atom. The number of nitrogens with zero attached hydrogens (tertiary/aromatic N) is 3. The number of aromatic nitrogens is 4. The molecule has 0 aliphatic rings. The van der Waals surface area contributed by atoms with Gasteiger partial charge in [0.15, 0.2) is 0 Å².